The molecule has 4 aromatic rings. The Balaban J connectivity index is 1.76. The van der Waals surface area contributed by atoms with E-state index in [0.29, 0.717) is 38.7 Å². The topological polar surface area (TPSA) is 79.5 Å². The second kappa shape index (κ2) is 6.43. The van der Waals surface area contributed by atoms with E-state index in [-0.39, 0.29) is 23.6 Å². The highest BCUT2D eigenvalue weighted by Crippen LogP contribution is 2.39. The number of aliphatic hydroxyl groups is 1. The minimum Gasteiger partial charge on any atom is -0.508 e. The first-order valence-corrected chi connectivity index (χ1v) is 9.33. The minimum absolute atomic E-state index is 0.00160. The average Bonchev–Trinajstić information content (AvgIpc) is 3.04. The van der Waals surface area contributed by atoms with Crippen molar-refractivity contribution < 1.29 is 15.0 Å². The molecule has 2 N–H and O–H groups in total. The fourth-order valence-electron chi connectivity index (χ4n) is 4.08. The van der Waals surface area contributed by atoms with Crippen LogP contribution in [0.5, 0.6) is 5.75 Å². The molecule has 0 amide bonds. The van der Waals surface area contributed by atoms with Gasteiger partial charge in [0.1, 0.15) is 5.75 Å². The molecule has 142 valence electrons. The van der Waals surface area contributed by atoms with Gasteiger partial charge in [0.2, 0.25) is 0 Å². The Morgan fingerprint density at radius 3 is 2.14 bits per heavy atom. The maximum absolute atomic E-state index is 13.3. The third kappa shape index (κ3) is 2.59. The van der Waals surface area contributed by atoms with Crippen molar-refractivity contribution in [2.75, 3.05) is 0 Å². The standard InChI is InChI=1S/C24H17NO4/c26-15-11-9-14(10-12-15)20(27)13-25-22-17-6-2-3-7-18(17)23(28)21(22)16-5-1-4-8-19(16)24(25)29/h1-12,20,26-27H,13H2/t20-/m1/s1. The summed E-state index contributed by atoms with van der Waals surface area (Å²) in [5.74, 6) is -0.0103. The van der Waals surface area contributed by atoms with Crippen molar-refractivity contribution in [2.45, 2.75) is 12.6 Å². The number of carbonyl (C=O) groups excluding carboxylic acids is 1. The number of benzene rings is 3. The summed E-state index contributed by atoms with van der Waals surface area (Å²) in [5.41, 5.74) is 2.64. The molecule has 1 heterocycles. The molecule has 0 bridgehead atoms. The number of rotatable bonds is 3. The summed E-state index contributed by atoms with van der Waals surface area (Å²) in [6, 6.07) is 20.5. The van der Waals surface area contributed by atoms with Crippen LogP contribution < -0.4 is 5.56 Å². The van der Waals surface area contributed by atoms with Gasteiger partial charge in [0.15, 0.2) is 5.78 Å². The van der Waals surface area contributed by atoms with E-state index < -0.39 is 6.10 Å². The van der Waals surface area contributed by atoms with Crippen LogP contribution in [-0.4, -0.2) is 20.6 Å². The summed E-state index contributed by atoms with van der Waals surface area (Å²) in [6.07, 6.45) is -0.971. The van der Waals surface area contributed by atoms with Crippen LogP contribution in [0.3, 0.4) is 0 Å². The monoisotopic (exact) mass is 383 g/mol. The molecule has 29 heavy (non-hydrogen) atoms. The molecule has 0 radical (unpaired) electrons. The zero-order valence-corrected chi connectivity index (χ0v) is 15.4. The minimum atomic E-state index is -0.971. The zero-order chi connectivity index (χ0) is 20.1. The van der Waals surface area contributed by atoms with Crippen LogP contribution in [0.2, 0.25) is 0 Å². The molecule has 0 spiro atoms. The molecule has 1 aromatic heterocycles. The van der Waals surface area contributed by atoms with Gasteiger partial charge in [-0.25, -0.2) is 0 Å². The van der Waals surface area contributed by atoms with Crippen LogP contribution in [0.4, 0.5) is 0 Å². The van der Waals surface area contributed by atoms with E-state index >= 15 is 0 Å². The number of hydrogen-bond acceptors (Lipinski definition) is 4. The highest BCUT2D eigenvalue weighted by Gasteiger charge is 2.32. The number of aromatic hydroxyl groups is 1. The smallest absolute Gasteiger partial charge is 0.259 e. The molecule has 0 saturated carbocycles. The van der Waals surface area contributed by atoms with Crippen molar-refractivity contribution in [1.29, 1.82) is 0 Å². The SMILES string of the molecule is O=C1c2ccccc2-c2c1c1ccccc1c(=O)n2C[C@@H](O)c1ccc(O)cc1. The Labute approximate surface area is 166 Å². The molecule has 5 nitrogen and oxygen atoms in total. The Bertz CT molecular complexity index is 1340. The summed E-state index contributed by atoms with van der Waals surface area (Å²) in [5, 5.41) is 21.3. The number of pyridine rings is 1. The van der Waals surface area contributed by atoms with Gasteiger partial charge in [-0.05, 0) is 23.8 Å². The van der Waals surface area contributed by atoms with Crippen LogP contribution >= 0.6 is 0 Å². The van der Waals surface area contributed by atoms with E-state index in [2.05, 4.69) is 0 Å². The molecule has 3 aromatic carbocycles. The van der Waals surface area contributed by atoms with Gasteiger partial charge in [0.25, 0.3) is 5.56 Å². The fraction of sp³-hybridized carbons (Fsp3) is 0.0833. The van der Waals surface area contributed by atoms with Crippen LogP contribution in [0.25, 0.3) is 22.0 Å². The zero-order valence-electron chi connectivity index (χ0n) is 15.4. The fourth-order valence-corrected chi connectivity index (χ4v) is 4.08. The van der Waals surface area contributed by atoms with Crippen molar-refractivity contribution in [3.63, 3.8) is 0 Å². The average molecular weight is 383 g/mol. The molecule has 1 aliphatic carbocycles. The van der Waals surface area contributed by atoms with E-state index in [4.69, 9.17) is 0 Å². The van der Waals surface area contributed by atoms with E-state index in [1.807, 2.05) is 18.2 Å². The maximum Gasteiger partial charge on any atom is 0.259 e. The van der Waals surface area contributed by atoms with Gasteiger partial charge in [0.05, 0.1) is 23.9 Å². The van der Waals surface area contributed by atoms with Gasteiger partial charge in [-0.2, -0.15) is 0 Å². The van der Waals surface area contributed by atoms with Crippen molar-refractivity contribution in [3.8, 4) is 17.0 Å². The first-order chi connectivity index (χ1) is 14.1. The number of phenols is 1. The van der Waals surface area contributed by atoms with Gasteiger partial charge in [0, 0.05) is 21.9 Å². The molecule has 1 atom stereocenters. The number of ketones is 1. The molecule has 5 heteroatoms. The second-order valence-electron chi connectivity index (χ2n) is 7.17. The predicted molar refractivity (Wildman–Crippen MR) is 110 cm³/mol. The number of nitrogens with zero attached hydrogens (tertiary/aromatic N) is 1. The molecule has 5 rings (SSSR count). The highest BCUT2D eigenvalue weighted by atomic mass is 16.3. The summed E-state index contributed by atoms with van der Waals surface area (Å²) in [6.45, 7) is -0.00160. The largest absolute Gasteiger partial charge is 0.508 e. The van der Waals surface area contributed by atoms with Gasteiger partial charge in [-0.15, -0.1) is 0 Å². The Morgan fingerprint density at radius 2 is 1.41 bits per heavy atom. The molecule has 0 saturated heterocycles. The maximum atomic E-state index is 13.3. The second-order valence-corrected chi connectivity index (χ2v) is 7.17. The van der Waals surface area contributed by atoms with E-state index in [9.17, 15) is 19.8 Å². The number of aromatic nitrogens is 1. The predicted octanol–water partition coefficient (Wildman–Crippen LogP) is 3.65. The first-order valence-electron chi connectivity index (χ1n) is 9.33. The van der Waals surface area contributed by atoms with Crippen molar-refractivity contribution in [3.05, 3.63) is 99.8 Å². The van der Waals surface area contributed by atoms with Gasteiger partial charge in [-0.1, -0.05) is 54.6 Å². The number of carbonyl (C=O) groups is 1. The van der Waals surface area contributed by atoms with Gasteiger partial charge < -0.3 is 14.8 Å². The van der Waals surface area contributed by atoms with Crippen molar-refractivity contribution in [2.24, 2.45) is 0 Å². The van der Waals surface area contributed by atoms with E-state index in [1.165, 1.54) is 16.7 Å². The van der Waals surface area contributed by atoms with Gasteiger partial charge >= 0.3 is 0 Å². The number of fused-ring (bicyclic) bond motifs is 5. The molecule has 1 aliphatic rings. The molecule has 0 aliphatic heterocycles. The lowest BCUT2D eigenvalue weighted by Crippen LogP contribution is -2.26. The summed E-state index contributed by atoms with van der Waals surface area (Å²) in [7, 11) is 0. The normalized spacial score (nSPS) is 13.3. The number of phenolic OH excluding ortho intramolecular Hbond substituents is 1. The van der Waals surface area contributed by atoms with Crippen LogP contribution in [-0.2, 0) is 6.54 Å². The lowest BCUT2D eigenvalue weighted by Gasteiger charge is -2.18. The van der Waals surface area contributed by atoms with E-state index in [0.717, 1.165) is 0 Å². The van der Waals surface area contributed by atoms with Crippen LogP contribution in [0, 0.1) is 0 Å². The van der Waals surface area contributed by atoms with Crippen LogP contribution in [0.15, 0.2) is 77.6 Å². The van der Waals surface area contributed by atoms with E-state index in [1.54, 1.807) is 42.5 Å². The number of hydrogen-bond donors (Lipinski definition) is 2. The molecule has 0 unspecified atom stereocenters. The van der Waals surface area contributed by atoms with Crippen LogP contribution in [0.1, 0.15) is 27.6 Å². The Kier molecular flexibility index (Phi) is 3.86. The van der Waals surface area contributed by atoms with Gasteiger partial charge in [-0.3, -0.25) is 9.59 Å². The first kappa shape index (κ1) is 17.4. The lowest BCUT2D eigenvalue weighted by atomic mass is 10.0. The quantitative estimate of drug-likeness (QED) is 0.498. The third-order valence-electron chi connectivity index (χ3n) is 5.47. The number of aliphatic hydroxyl groups excluding tert-OH is 1. The van der Waals surface area contributed by atoms with Crippen molar-refractivity contribution >= 4 is 16.6 Å². The molecular formula is C24H17NO4. The summed E-state index contributed by atoms with van der Waals surface area (Å²) >= 11 is 0. The highest BCUT2D eigenvalue weighted by molar-refractivity contribution is 6.26. The lowest BCUT2D eigenvalue weighted by molar-refractivity contribution is 0.104. The Hall–Kier alpha value is -3.70. The van der Waals surface area contributed by atoms with Crippen molar-refractivity contribution in [1.82, 2.24) is 4.57 Å². The third-order valence-corrected chi connectivity index (χ3v) is 5.47. The summed E-state index contributed by atoms with van der Waals surface area (Å²) in [4.78, 5) is 26.5. The molecular weight excluding hydrogens is 366 g/mol. The summed E-state index contributed by atoms with van der Waals surface area (Å²) < 4.78 is 1.50. The molecule has 0 fully saturated rings. The Morgan fingerprint density at radius 1 is 0.793 bits per heavy atom.